The van der Waals surface area contributed by atoms with E-state index in [-0.39, 0.29) is 13.0 Å². The number of rotatable bonds is 6. The number of carbonyl (C=O) groups excluding carboxylic acids is 3. The Labute approximate surface area is 139 Å². The van der Waals surface area contributed by atoms with Gasteiger partial charge in [0.15, 0.2) is 6.61 Å². The number of benzene rings is 1. The number of nitrogens with one attached hydrogen (secondary N) is 2. The second-order valence-electron chi connectivity index (χ2n) is 5.89. The monoisotopic (exact) mass is 340 g/mol. The molecule has 1 aromatic rings. The van der Waals surface area contributed by atoms with Crippen LogP contribution in [0.25, 0.3) is 0 Å². The van der Waals surface area contributed by atoms with Crippen LogP contribution in [0.1, 0.15) is 27.2 Å². The Bertz CT molecular complexity index is 581. The summed E-state index contributed by atoms with van der Waals surface area (Å²) in [5, 5.41) is 4.86. The second kappa shape index (κ2) is 8.85. The lowest BCUT2D eigenvalue weighted by molar-refractivity contribution is -0.147. The molecule has 1 aromatic carbocycles. The van der Waals surface area contributed by atoms with Crippen molar-refractivity contribution in [2.45, 2.75) is 32.8 Å². The van der Waals surface area contributed by atoms with Gasteiger partial charge in [0.25, 0.3) is 5.91 Å². The molecular formula is C16H21FN2O5. The number of alkyl carbamates (subject to hydrolysis) is 1. The van der Waals surface area contributed by atoms with Gasteiger partial charge in [0.05, 0.1) is 6.42 Å². The van der Waals surface area contributed by atoms with Crippen molar-refractivity contribution in [1.29, 1.82) is 0 Å². The van der Waals surface area contributed by atoms with Gasteiger partial charge in [-0.2, -0.15) is 0 Å². The van der Waals surface area contributed by atoms with Crippen LogP contribution in [0.15, 0.2) is 24.3 Å². The Morgan fingerprint density at radius 1 is 1.12 bits per heavy atom. The largest absolute Gasteiger partial charge is 0.456 e. The van der Waals surface area contributed by atoms with Crippen molar-refractivity contribution in [2.24, 2.45) is 0 Å². The van der Waals surface area contributed by atoms with Crippen molar-refractivity contribution < 1.29 is 28.2 Å². The van der Waals surface area contributed by atoms with Crippen LogP contribution in [0, 0.1) is 5.82 Å². The van der Waals surface area contributed by atoms with Crippen molar-refractivity contribution in [3.05, 3.63) is 30.1 Å². The summed E-state index contributed by atoms with van der Waals surface area (Å²) in [6.07, 6.45) is -0.729. The number of hydrogen-bond donors (Lipinski definition) is 2. The fourth-order valence-corrected chi connectivity index (χ4v) is 1.53. The molecule has 2 N–H and O–H groups in total. The molecule has 0 aliphatic heterocycles. The summed E-state index contributed by atoms with van der Waals surface area (Å²) >= 11 is 0. The Morgan fingerprint density at radius 3 is 2.33 bits per heavy atom. The van der Waals surface area contributed by atoms with E-state index < -0.39 is 36.0 Å². The summed E-state index contributed by atoms with van der Waals surface area (Å²) in [6, 6.07) is 5.17. The first-order valence-electron chi connectivity index (χ1n) is 7.33. The fourth-order valence-electron chi connectivity index (χ4n) is 1.53. The maximum absolute atomic E-state index is 12.7. The van der Waals surface area contributed by atoms with Crippen LogP contribution in [-0.4, -0.2) is 36.7 Å². The van der Waals surface area contributed by atoms with E-state index in [4.69, 9.17) is 9.47 Å². The van der Waals surface area contributed by atoms with Crippen molar-refractivity contribution in [3.8, 4) is 0 Å². The molecule has 0 fully saturated rings. The molecule has 0 heterocycles. The number of esters is 1. The van der Waals surface area contributed by atoms with E-state index in [0.29, 0.717) is 5.69 Å². The van der Waals surface area contributed by atoms with Crippen molar-refractivity contribution in [2.75, 3.05) is 18.5 Å². The predicted molar refractivity (Wildman–Crippen MR) is 84.8 cm³/mol. The molecule has 0 atom stereocenters. The topological polar surface area (TPSA) is 93.7 Å². The third kappa shape index (κ3) is 8.72. The molecule has 0 aliphatic carbocycles. The lowest BCUT2D eigenvalue weighted by Gasteiger charge is -2.19. The third-order valence-electron chi connectivity index (χ3n) is 2.49. The zero-order valence-electron chi connectivity index (χ0n) is 13.8. The lowest BCUT2D eigenvalue weighted by Crippen LogP contribution is -2.34. The van der Waals surface area contributed by atoms with Crippen LogP contribution in [-0.2, 0) is 19.1 Å². The molecule has 0 bridgehead atoms. The number of carbonyl (C=O) groups is 3. The van der Waals surface area contributed by atoms with E-state index in [9.17, 15) is 18.8 Å². The molecule has 0 spiro atoms. The maximum atomic E-state index is 12.7. The minimum Gasteiger partial charge on any atom is -0.456 e. The van der Waals surface area contributed by atoms with Gasteiger partial charge < -0.3 is 20.1 Å². The normalized spacial score (nSPS) is 10.7. The quantitative estimate of drug-likeness (QED) is 0.775. The minimum absolute atomic E-state index is 0.0350. The lowest BCUT2D eigenvalue weighted by atomic mass is 10.2. The van der Waals surface area contributed by atoms with Crippen molar-refractivity contribution in [1.82, 2.24) is 5.32 Å². The summed E-state index contributed by atoms with van der Waals surface area (Å²) in [4.78, 5) is 34.4. The zero-order chi connectivity index (χ0) is 18.2. The van der Waals surface area contributed by atoms with Gasteiger partial charge in [0, 0.05) is 12.2 Å². The highest BCUT2D eigenvalue weighted by Crippen LogP contribution is 2.08. The van der Waals surface area contributed by atoms with Crippen LogP contribution in [0.4, 0.5) is 14.9 Å². The van der Waals surface area contributed by atoms with Crippen LogP contribution in [0.3, 0.4) is 0 Å². The summed E-state index contributed by atoms with van der Waals surface area (Å²) in [7, 11) is 0. The number of ether oxygens (including phenoxy) is 2. The molecular weight excluding hydrogens is 319 g/mol. The van der Waals surface area contributed by atoms with Gasteiger partial charge in [0.1, 0.15) is 11.4 Å². The van der Waals surface area contributed by atoms with E-state index in [1.54, 1.807) is 20.8 Å². The van der Waals surface area contributed by atoms with Crippen LogP contribution in [0.5, 0.6) is 0 Å². The highest BCUT2D eigenvalue weighted by molar-refractivity contribution is 5.92. The Kier molecular flexibility index (Phi) is 7.16. The SMILES string of the molecule is CC(C)(C)OC(=O)NCCC(=O)OCC(=O)Nc1ccc(F)cc1. The Morgan fingerprint density at radius 2 is 1.75 bits per heavy atom. The summed E-state index contributed by atoms with van der Waals surface area (Å²) in [5.41, 5.74) is -0.229. The molecule has 24 heavy (non-hydrogen) atoms. The Hall–Kier alpha value is -2.64. The maximum Gasteiger partial charge on any atom is 0.407 e. The van der Waals surface area contributed by atoms with Gasteiger partial charge in [0.2, 0.25) is 0 Å². The first kappa shape index (κ1) is 19.4. The van der Waals surface area contributed by atoms with E-state index in [1.165, 1.54) is 24.3 Å². The molecule has 0 unspecified atom stereocenters. The highest BCUT2D eigenvalue weighted by atomic mass is 19.1. The zero-order valence-corrected chi connectivity index (χ0v) is 13.8. The average molecular weight is 340 g/mol. The molecule has 0 aromatic heterocycles. The van der Waals surface area contributed by atoms with Gasteiger partial charge >= 0.3 is 12.1 Å². The van der Waals surface area contributed by atoms with Crippen molar-refractivity contribution >= 4 is 23.7 Å². The first-order valence-corrected chi connectivity index (χ1v) is 7.33. The van der Waals surface area contributed by atoms with E-state index >= 15 is 0 Å². The van der Waals surface area contributed by atoms with Gasteiger partial charge in [-0.15, -0.1) is 0 Å². The average Bonchev–Trinajstić information content (AvgIpc) is 2.46. The molecule has 0 saturated heterocycles. The summed E-state index contributed by atoms with van der Waals surface area (Å²) < 4.78 is 22.5. The number of halogens is 1. The minimum atomic E-state index is -0.639. The standard InChI is InChI=1S/C16H21FN2O5/c1-16(2,3)24-15(22)18-9-8-14(21)23-10-13(20)19-12-6-4-11(17)5-7-12/h4-7H,8-10H2,1-3H3,(H,18,22)(H,19,20). The number of hydrogen-bond acceptors (Lipinski definition) is 5. The van der Waals surface area contributed by atoms with Crippen LogP contribution in [0.2, 0.25) is 0 Å². The van der Waals surface area contributed by atoms with E-state index in [0.717, 1.165) is 0 Å². The van der Waals surface area contributed by atoms with Crippen LogP contribution < -0.4 is 10.6 Å². The molecule has 0 radical (unpaired) electrons. The first-order chi connectivity index (χ1) is 11.2. The van der Waals surface area contributed by atoms with E-state index in [1.807, 2.05) is 0 Å². The molecule has 7 nitrogen and oxygen atoms in total. The van der Waals surface area contributed by atoms with Gasteiger partial charge in [-0.1, -0.05) is 0 Å². The number of anilines is 1. The predicted octanol–water partition coefficient (Wildman–Crippen LogP) is 2.22. The molecule has 132 valence electrons. The molecule has 2 amide bonds. The number of amides is 2. The van der Waals surface area contributed by atoms with Gasteiger partial charge in [-0.3, -0.25) is 9.59 Å². The summed E-state index contributed by atoms with van der Waals surface area (Å²) in [6.45, 7) is 4.73. The van der Waals surface area contributed by atoms with Crippen LogP contribution >= 0.6 is 0 Å². The van der Waals surface area contributed by atoms with Gasteiger partial charge in [-0.05, 0) is 45.0 Å². The van der Waals surface area contributed by atoms with E-state index in [2.05, 4.69) is 10.6 Å². The molecule has 0 saturated carbocycles. The smallest absolute Gasteiger partial charge is 0.407 e. The third-order valence-corrected chi connectivity index (χ3v) is 2.49. The van der Waals surface area contributed by atoms with Gasteiger partial charge in [-0.25, -0.2) is 9.18 Å². The molecule has 1 rings (SSSR count). The Balaban J connectivity index is 2.20. The van der Waals surface area contributed by atoms with Crippen molar-refractivity contribution in [3.63, 3.8) is 0 Å². The second-order valence-corrected chi connectivity index (χ2v) is 5.89. The fraction of sp³-hybridized carbons (Fsp3) is 0.438. The highest BCUT2D eigenvalue weighted by Gasteiger charge is 2.16. The molecule has 0 aliphatic rings. The molecule has 8 heteroatoms. The summed E-state index contributed by atoms with van der Waals surface area (Å²) in [5.74, 6) is -1.60.